The van der Waals surface area contributed by atoms with Crippen molar-refractivity contribution in [1.29, 1.82) is 0 Å². The molecule has 1 aliphatic rings. The molecular weight excluding hydrogens is 811 g/mol. The Balaban J connectivity index is 1.81. The smallest absolute Gasteiger partial charge is 0.254 e. The molecule has 0 spiro atoms. The van der Waals surface area contributed by atoms with Gasteiger partial charge in [0, 0.05) is 39.9 Å². The number of nitrogen functional groups attached to an aromatic ring is 1. The molecule has 1 aliphatic heterocycles. The number of ether oxygens (including phenoxy) is 2. The van der Waals surface area contributed by atoms with E-state index in [-0.39, 0.29) is 48.3 Å². The quantitative estimate of drug-likeness (QED) is 0.120. The molecule has 1 fully saturated rings. The molecule has 10 atom stereocenters. The van der Waals surface area contributed by atoms with Gasteiger partial charge < -0.3 is 35.6 Å². The highest BCUT2D eigenvalue weighted by Gasteiger charge is 2.43. The summed E-state index contributed by atoms with van der Waals surface area (Å²) in [5.41, 5.74) is 7.06. The van der Waals surface area contributed by atoms with Crippen LogP contribution in [0.5, 0.6) is 0 Å². The number of nitrogens with zero attached hydrogens (tertiary/aromatic N) is 3. The fraction of sp³-hybridized carbons (Fsp3) is 0.630. The molecule has 2 aromatic carbocycles. The van der Waals surface area contributed by atoms with Gasteiger partial charge in [0.2, 0.25) is 23.6 Å². The number of likely N-dealkylation sites (tertiary alicyclic amines) is 1. The highest BCUT2D eigenvalue weighted by molar-refractivity contribution is 7.83. The summed E-state index contributed by atoms with van der Waals surface area (Å²) in [7, 11) is 6.54. The molecular formula is C46H73N7O8S. The van der Waals surface area contributed by atoms with Crippen molar-refractivity contribution in [2.75, 3.05) is 47.6 Å². The number of likely N-dealkylation sites (N-methyl/N-ethyl adjacent to an activating group) is 2. The average molecular weight is 884 g/mol. The number of carbonyl (C=O) groups is 5. The summed E-state index contributed by atoms with van der Waals surface area (Å²) in [5, 5.41) is 5.91. The first-order valence-corrected chi connectivity index (χ1v) is 22.9. The first-order chi connectivity index (χ1) is 29.3. The number of nitrogens with two attached hydrogens (primary N) is 1. The van der Waals surface area contributed by atoms with Gasteiger partial charge in [0.25, 0.3) is 5.91 Å². The fourth-order valence-electron chi connectivity index (χ4n) is 8.59. The van der Waals surface area contributed by atoms with E-state index >= 15 is 0 Å². The molecule has 0 aromatic heterocycles. The lowest BCUT2D eigenvalue weighted by Gasteiger charge is -2.41. The summed E-state index contributed by atoms with van der Waals surface area (Å²) >= 11 is 0. The van der Waals surface area contributed by atoms with E-state index in [4.69, 9.17) is 15.2 Å². The topological polar surface area (TPSA) is 193 Å². The molecule has 3 rings (SSSR count). The van der Waals surface area contributed by atoms with Gasteiger partial charge in [0.05, 0.1) is 47.6 Å². The van der Waals surface area contributed by atoms with Crippen LogP contribution in [0.1, 0.15) is 79.7 Å². The Labute approximate surface area is 372 Å². The minimum absolute atomic E-state index is 0.0226. The minimum atomic E-state index is -1.91. The van der Waals surface area contributed by atoms with Crippen molar-refractivity contribution in [2.24, 2.45) is 23.7 Å². The molecule has 346 valence electrons. The number of benzene rings is 2. The second-order valence-electron chi connectivity index (χ2n) is 17.5. The van der Waals surface area contributed by atoms with Crippen LogP contribution in [-0.2, 0) is 50.9 Å². The molecule has 0 aliphatic carbocycles. The Hall–Kier alpha value is -4.38. The van der Waals surface area contributed by atoms with Gasteiger partial charge in [-0.25, -0.2) is 4.21 Å². The van der Waals surface area contributed by atoms with Crippen molar-refractivity contribution in [2.45, 2.75) is 128 Å². The number of rotatable bonds is 23. The van der Waals surface area contributed by atoms with Gasteiger partial charge in [-0.3, -0.25) is 33.6 Å². The lowest BCUT2D eigenvalue weighted by molar-refractivity contribution is -0.148. The molecule has 1 unspecified atom stereocenters. The predicted molar refractivity (Wildman–Crippen MR) is 243 cm³/mol. The number of anilines is 1. The van der Waals surface area contributed by atoms with Crippen molar-refractivity contribution < 1.29 is 37.7 Å². The molecule has 0 radical (unpaired) electrons. The maximum Gasteiger partial charge on any atom is 0.254 e. The van der Waals surface area contributed by atoms with Crippen LogP contribution >= 0.6 is 0 Å². The van der Waals surface area contributed by atoms with Crippen LogP contribution in [0.15, 0.2) is 59.5 Å². The number of methoxy groups -OCH3 is 2. The van der Waals surface area contributed by atoms with Crippen molar-refractivity contribution in [3.8, 4) is 0 Å². The summed E-state index contributed by atoms with van der Waals surface area (Å²) in [5.74, 6) is -2.82. The van der Waals surface area contributed by atoms with Gasteiger partial charge in [-0.05, 0) is 74.5 Å². The fourth-order valence-corrected chi connectivity index (χ4v) is 9.41. The van der Waals surface area contributed by atoms with Crippen LogP contribution in [0.4, 0.5) is 5.69 Å². The molecule has 1 saturated heterocycles. The maximum atomic E-state index is 14.4. The first-order valence-electron chi connectivity index (χ1n) is 21.8. The van der Waals surface area contributed by atoms with E-state index in [2.05, 4.69) is 15.4 Å². The normalized spacial score (nSPS) is 18.6. The third-order valence-electron chi connectivity index (χ3n) is 12.1. The number of carbonyl (C=O) groups excluding carboxylic acids is 5. The summed E-state index contributed by atoms with van der Waals surface area (Å²) in [6.07, 6.45) is 0.674. The molecule has 2 aromatic rings. The van der Waals surface area contributed by atoms with E-state index in [1.165, 1.54) is 14.2 Å². The third-order valence-corrected chi connectivity index (χ3v) is 13.2. The highest BCUT2D eigenvalue weighted by atomic mass is 32.2. The summed E-state index contributed by atoms with van der Waals surface area (Å²) in [4.78, 5) is 75.5. The molecule has 16 heteroatoms. The van der Waals surface area contributed by atoms with Gasteiger partial charge in [0.1, 0.15) is 12.1 Å². The molecule has 5 amide bonds. The second kappa shape index (κ2) is 24.5. The summed E-state index contributed by atoms with van der Waals surface area (Å²) in [6, 6.07) is 12.3. The van der Waals surface area contributed by atoms with E-state index in [9.17, 15) is 28.2 Å². The molecule has 62 heavy (non-hydrogen) atoms. The van der Waals surface area contributed by atoms with E-state index in [1.54, 1.807) is 48.0 Å². The summed E-state index contributed by atoms with van der Waals surface area (Å²) < 4.78 is 27.7. The Morgan fingerprint density at radius 1 is 0.855 bits per heavy atom. The zero-order valence-electron chi connectivity index (χ0n) is 38.9. The van der Waals surface area contributed by atoms with Gasteiger partial charge in [-0.15, -0.1) is 0 Å². The number of hydrogen-bond acceptors (Lipinski definition) is 10. The Kier molecular flexibility index (Phi) is 20.5. The standard InChI is InChI=1S/C46H73N7O8S/c1-13-30(6)41(52(10)46(58)39(28(2)3)49-45(57)40(29(4)5)51(8)9)37(60-11)27-38(54)53-25-17-20-36(53)42(61-12)31(7)43(55)48-35(26-32-18-15-14-16-19-32)44(56)50-62(59)34-23-21-33(47)22-24-34/h14-16,18-19,21-24,28-31,35-37,39-42H,13,17,20,25-27,47H2,1-12H3,(H,48,55)(H,49,57)(H,50,56)/t30-,31-,35+,36+,37-,39+,40+,41+,42-,62?/m1/s1. The minimum Gasteiger partial charge on any atom is -0.399 e. The van der Waals surface area contributed by atoms with Crippen molar-refractivity contribution >= 4 is 46.2 Å². The van der Waals surface area contributed by atoms with E-state index in [0.29, 0.717) is 36.4 Å². The van der Waals surface area contributed by atoms with Crippen molar-refractivity contribution in [3.05, 3.63) is 60.2 Å². The maximum absolute atomic E-state index is 14.4. The highest BCUT2D eigenvalue weighted by Crippen LogP contribution is 2.30. The Morgan fingerprint density at radius 3 is 2.02 bits per heavy atom. The van der Waals surface area contributed by atoms with Crippen molar-refractivity contribution in [1.82, 2.24) is 30.1 Å². The van der Waals surface area contributed by atoms with Crippen LogP contribution in [0, 0.1) is 23.7 Å². The monoisotopic (exact) mass is 884 g/mol. The average Bonchev–Trinajstić information content (AvgIpc) is 3.72. The third kappa shape index (κ3) is 13.8. The van der Waals surface area contributed by atoms with Crippen LogP contribution in [0.25, 0.3) is 0 Å². The van der Waals surface area contributed by atoms with Gasteiger partial charge >= 0.3 is 0 Å². The van der Waals surface area contributed by atoms with Crippen LogP contribution in [0.2, 0.25) is 0 Å². The molecule has 15 nitrogen and oxygen atoms in total. The first kappa shape index (κ1) is 52.0. The van der Waals surface area contributed by atoms with Crippen LogP contribution in [-0.4, -0.2) is 133 Å². The number of hydrogen-bond donors (Lipinski definition) is 4. The SMILES string of the molecule is CC[C@@H](C)[C@@H]([C@@H](CC(=O)N1CCC[C@H]1[C@H](OC)[C@@H](C)C(=O)N[C@@H](Cc1ccccc1)C(=O)NS(=O)c1ccc(N)cc1)OC)N(C)C(=O)[C@@H](NC(=O)[C@H](C(C)C)N(C)C)C(C)C. The Morgan fingerprint density at radius 2 is 1.48 bits per heavy atom. The van der Waals surface area contributed by atoms with Crippen molar-refractivity contribution in [3.63, 3.8) is 0 Å². The van der Waals surface area contributed by atoms with Crippen LogP contribution < -0.4 is 21.1 Å². The van der Waals surface area contributed by atoms with Crippen LogP contribution in [0.3, 0.4) is 0 Å². The van der Waals surface area contributed by atoms with Gasteiger partial charge in [-0.1, -0.05) is 85.2 Å². The molecule has 1 heterocycles. The lowest BCUT2D eigenvalue weighted by atomic mass is 9.89. The zero-order chi connectivity index (χ0) is 46.4. The molecule has 0 saturated carbocycles. The molecule has 0 bridgehead atoms. The Bertz CT molecular complexity index is 1790. The largest absolute Gasteiger partial charge is 0.399 e. The van der Waals surface area contributed by atoms with Gasteiger partial charge in [0.15, 0.2) is 11.0 Å². The van der Waals surface area contributed by atoms with E-state index in [1.807, 2.05) is 90.9 Å². The number of nitrogens with one attached hydrogen (secondary N) is 3. The van der Waals surface area contributed by atoms with E-state index in [0.717, 1.165) is 5.56 Å². The second-order valence-corrected chi connectivity index (χ2v) is 18.7. The van der Waals surface area contributed by atoms with E-state index < -0.39 is 71.1 Å². The van der Waals surface area contributed by atoms with Gasteiger partial charge in [-0.2, -0.15) is 0 Å². The lowest BCUT2D eigenvalue weighted by Crippen LogP contribution is -2.59. The molecule has 5 N–H and O–H groups in total. The number of amides is 5. The zero-order valence-corrected chi connectivity index (χ0v) is 39.7. The summed E-state index contributed by atoms with van der Waals surface area (Å²) in [6.45, 7) is 13.9. The predicted octanol–water partition coefficient (Wildman–Crippen LogP) is 3.78.